The Morgan fingerprint density at radius 3 is 2.47 bits per heavy atom. The van der Waals surface area contributed by atoms with Crippen molar-refractivity contribution in [3.05, 3.63) is 0 Å². The van der Waals surface area contributed by atoms with Crippen molar-refractivity contribution in [1.82, 2.24) is 5.32 Å². The third-order valence-electron chi connectivity index (χ3n) is 3.42. The van der Waals surface area contributed by atoms with E-state index >= 15 is 0 Å². The maximum Gasteiger partial charge on any atom is 0.154 e. The first kappa shape index (κ1) is 13.0. The van der Waals surface area contributed by atoms with Gasteiger partial charge in [0.15, 0.2) is 9.84 Å². The van der Waals surface area contributed by atoms with Crippen LogP contribution in [-0.2, 0) is 9.84 Å². The van der Waals surface area contributed by atoms with E-state index in [1.807, 2.05) is 0 Å². The van der Waals surface area contributed by atoms with E-state index in [2.05, 4.69) is 19.2 Å². The molecule has 0 bridgehead atoms. The summed E-state index contributed by atoms with van der Waals surface area (Å²) >= 11 is 0. The van der Waals surface area contributed by atoms with Crippen molar-refractivity contribution in [2.75, 3.05) is 18.8 Å². The van der Waals surface area contributed by atoms with E-state index in [4.69, 9.17) is 0 Å². The van der Waals surface area contributed by atoms with E-state index in [0.717, 1.165) is 19.4 Å². The summed E-state index contributed by atoms with van der Waals surface area (Å²) < 4.78 is 23.1. The first-order valence-electron chi connectivity index (χ1n) is 6.02. The number of nitrogens with one attached hydrogen (secondary N) is 1. The zero-order valence-corrected chi connectivity index (χ0v) is 10.6. The summed E-state index contributed by atoms with van der Waals surface area (Å²) in [4.78, 5) is 0. The topological polar surface area (TPSA) is 46.2 Å². The first-order chi connectivity index (χ1) is 7.10. The van der Waals surface area contributed by atoms with Gasteiger partial charge in [0.05, 0.1) is 11.0 Å². The molecular weight excluding hydrogens is 210 g/mol. The summed E-state index contributed by atoms with van der Waals surface area (Å²) in [6, 6.07) is 0. The lowest BCUT2D eigenvalue weighted by Gasteiger charge is -2.15. The van der Waals surface area contributed by atoms with Crippen LogP contribution in [0, 0.1) is 5.92 Å². The second kappa shape index (κ2) is 5.85. The van der Waals surface area contributed by atoms with Crippen molar-refractivity contribution in [1.29, 1.82) is 0 Å². The lowest BCUT2D eigenvalue weighted by molar-refractivity contribution is 0.446. The van der Waals surface area contributed by atoms with E-state index in [1.165, 1.54) is 12.8 Å². The Balaban J connectivity index is 2.26. The van der Waals surface area contributed by atoms with Gasteiger partial charge in [0.1, 0.15) is 0 Å². The van der Waals surface area contributed by atoms with Gasteiger partial charge >= 0.3 is 0 Å². The van der Waals surface area contributed by atoms with Crippen LogP contribution in [0.15, 0.2) is 0 Å². The molecule has 0 amide bonds. The van der Waals surface area contributed by atoms with Crippen molar-refractivity contribution in [2.24, 2.45) is 5.92 Å². The highest BCUT2D eigenvalue weighted by Gasteiger charge is 2.30. The Labute approximate surface area is 93.6 Å². The maximum absolute atomic E-state index is 11.5. The van der Waals surface area contributed by atoms with Crippen molar-refractivity contribution in [3.63, 3.8) is 0 Å². The third-order valence-corrected chi connectivity index (χ3v) is 5.70. The molecular formula is C11H23NO2S. The Kier molecular flexibility index (Phi) is 5.06. The number of sulfone groups is 1. The summed E-state index contributed by atoms with van der Waals surface area (Å²) in [5.74, 6) is 1.08. The molecule has 1 atom stereocenters. The molecule has 0 radical (unpaired) electrons. The van der Waals surface area contributed by atoms with Gasteiger partial charge in [-0.25, -0.2) is 8.42 Å². The van der Waals surface area contributed by atoms with Crippen LogP contribution in [-0.4, -0.2) is 32.5 Å². The van der Waals surface area contributed by atoms with Crippen LogP contribution in [0.2, 0.25) is 0 Å². The molecule has 0 aromatic heterocycles. The fourth-order valence-corrected chi connectivity index (χ4v) is 3.91. The molecule has 1 heterocycles. The van der Waals surface area contributed by atoms with Crippen LogP contribution in [0.5, 0.6) is 0 Å². The molecule has 0 saturated carbocycles. The highest BCUT2D eigenvalue weighted by atomic mass is 32.2. The van der Waals surface area contributed by atoms with Crippen molar-refractivity contribution >= 4 is 9.84 Å². The monoisotopic (exact) mass is 233 g/mol. The lowest BCUT2D eigenvalue weighted by atomic mass is 10.0. The number of hydrogen-bond donors (Lipinski definition) is 1. The SMILES string of the molecule is CCC(CC)CNCC1CCCS1(=O)=O. The predicted molar refractivity (Wildman–Crippen MR) is 63.8 cm³/mol. The number of rotatable bonds is 6. The van der Waals surface area contributed by atoms with E-state index < -0.39 is 9.84 Å². The van der Waals surface area contributed by atoms with Gasteiger partial charge in [0.2, 0.25) is 0 Å². The molecule has 90 valence electrons. The molecule has 0 aliphatic carbocycles. The van der Waals surface area contributed by atoms with Crippen molar-refractivity contribution in [2.45, 2.75) is 44.8 Å². The zero-order chi connectivity index (χ0) is 11.3. The molecule has 1 saturated heterocycles. The van der Waals surface area contributed by atoms with Crippen molar-refractivity contribution < 1.29 is 8.42 Å². The van der Waals surface area contributed by atoms with E-state index in [-0.39, 0.29) is 5.25 Å². The Morgan fingerprint density at radius 1 is 1.33 bits per heavy atom. The summed E-state index contributed by atoms with van der Waals surface area (Å²) in [6.45, 7) is 5.97. The largest absolute Gasteiger partial charge is 0.315 e. The summed E-state index contributed by atoms with van der Waals surface area (Å²) in [7, 11) is -2.76. The van der Waals surface area contributed by atoms with Gasteiger partial charge in [-0.05, 0) is 25.3 Å². The van der Waals surface area contributed by atoms with E-state index in [0.29, 0.717) is 18.2 Å². The van der Waals surface area contributed by atoms with E-state index in [1.54, 1.807) is 0 Å². The minimum Gasteiger partial charge on any atom is -0.315 e. The molecule has 3 nitrogen and oxygen atoms in total. The Morgan fingerprint density at radius 2 is 2.00 bits per heavy atom. The summed E-state index contributed by atoms with van der Waals surface area (Å²) in [5, 5.41) is 3.19. The molecule has 0 aromatic carbocycles. The van der Waals surface area contributed by atoms with Crippen molar-refractivity contribution in [3.8, 4) is 0 Å². The molecule has 1 aliphatic rings. The third kappa shape index (κ3) is 3.76. The minimum atomic E-state index is -2.76. The maximum atomic E-state index is 11.5. The number of hydrogen-bond acceptors (Lipinski definition) is 3. The molecule has 0 aromatic rings. The Hall–Kier alpha value is -0.0900. The van der Waals surface area contributed by atoms with Gasteiger partial charge in [-0.1, -0.05) is 26.7 Å². The van der Waals surface area contributed by atoms with Gasteiger partial charge < -0.3 is 5.32 Å². The Bertz CT molecular complexity index is 270. The molecule has 1 N–H and O–H groups in total. The average molecular weight is 233 g/mol. The van der Waals surface area contributed by atoms with Crippen LogP contribution in [0.3, 0.4) is 0 Å². The molecule has 0 spiro atoms. The second-order valence-corrected chi connectivity index (χ2v) is 6.87. The quantitative estimate of drug-likeness (QED) is 0.758. The van der Waals surface area contributed by atoms with Crippen LogP contribution < -0.4 is 5.32 Å². The molecule has 1 unspecified atom stereocenters. The average Bonchev–Trinajstić information content (AvgIpc) is 2.53. The van der Waals surface area contributed by atoms with Crippen LogP contribution in [0.1, 0.15) is 39.5 Å². The van der Waals surface area contributed by atoms with E-state index in [9.17, 15) is 8.42 Å². The smallest absolute Gasteiger partial charge is 0.154 e. The predicted octanol–water partition coefficient (Wildman–Crippen LogP) is 1.59. The zero-order valence-electron chi connectivity index (χ0n) is 9.83. The van der Waals surface area contributed by atoms with Crippen LogP contribution in [0.4, 0.5) is 0 Å². The molecule has 1 fully saturated rings. The van der Waals surface area contributed by atoms with Gasteiger partial charge in [-0.3, -0.25) is 0 Å². The fourth-order valence-electron chi connectivity index (χ4n) is 2.11. The van der Waals surface area contributed by atoms with Gasteiger partial charge in [-0.2, -0.15) is 0 Å². The summed E-state index contributed by atoms with van der Waals surface area (Å²) in [5.41, 5.74) is 0. The highest BCUT2D eigenvalue weighted by Crippen LogP contribution is 2.19. The molecule has 4 heteroatoms. The molecule has 1 rings (SSSR count). The van der Waals surface area contributed by atoms with Gasteiger partial charge in [-0.15, -0.1) is 0 Å². The fraction of sp³-hybridized carbons (Fsp3) is 1.00. The molecule has 15 heavy (non-hydrogen) atoms. The van der Waals surface area contributed by atoms with Crippen LogP contribution >= 0.6 is 0 Å². The van der Waals surface area contributed by atoms with Gasteiger partial charge in [0.25, 0.3) is 0 Å². The van der Waals surface area contributed by atoms with Crippen LogP contribution in [0.25, 0.3) is 0 Å². The second-order valence-electron chi connectivity index (χ2n) is 4.47. The summed E-state index contributed by atoms with van der Waals surface area (Å²) in [6.07, 6.45) is 4.03. The van der Waals surface area contributed by atoms with Gasteiger partial charge in [0, 0.05) is 6.54 Å². The normalized spacial score (nSPS) is 24.9. The lowest BCUT2D eigenvalue weighted by Crippen LogP contribution is -2.33. The standard InChI is InChI=1S/C11H23NO2S/c1-3-10(4-2)8-12-9-11-6-5-7-15(11,13)14/h10-12H,3-9H2,1-2H3. The first-order valence-corrected chi connectivity index (χ1v) is 7.74. The highest BCUT2D eigenvalue weighted by molar-refractivity contribution is 7.92. The minimum absolute atomic E-state index is 0.119. The molecule has 1 aliphatic heterocycles.